The summed E-state index contributed by atoms with van der Waals surface area (Å²) in [7, 11) is 2.03. The fourth-order valence-electron chi connectivity index (χ4n) is 2.23. The maximum absolute atomic E-state index is 9.43. The van der Waals surface area contributed by atoms with Crippen molar-refractivity contribution in [1.29, 1.82) is 0 Å². The Kier molecular flexibility index (Phi) is 4.98. The van der Waals surface area contributed by atoms with Gasteiger partial charge in [0.1, 0.15) is 5.65 Å². The number of hydrogen-bond donors (Lipinski definition) is 2. The minimum Gasteiger partial charge on any atom is -0.393 e. The molecule has 5 heteroatoms. The normalized spacial score (nSPS) is 12.8. The Bertz CT molecular complexity index is 550. The van der Waals surface area contributed by atoms with Crippen molar-refractivity contribution >= 4 is 11.5 Å². The Labute approximate surface area is 120 Å². The first kappa shape index (κ1) is 14.8. The molecular weight excluding hydrogens is 252 g/mol. The number of aromatic nitrogens is 2. The van der Waals surface area contributed by atoms with Crippen LogP contribution in [0.25, 0.3) is 5.65 Å². The second kappa shape index (κ2) is 6.72. The van der Waals surface area contributed by atoms with Crippen LogP contribution in [0.5, 0.6) is 0 Å². The van der Waals surface area contributed by atoms with Crippen LogP contribution in [0, 0.1) is 0 Å². The van der Waals surface area contributed by atoms with Crippen molar-refractivity contribution < 1.29 is 5.11 Å². The van der Waals surface area contributed by atoms with E-state index in [1.807, 2.05) is 38.4 Å². The molecule has 0 radical (unpaired) electrons. The summed E-state index contributed by atoms with van der Waals surface area (Å²) in [5.41, 5.74) is 2.12. The summed E-state index contributed by atoms with van der Waals surface area (Å²) in [6.45, 7) is 6.42. The van der Waals surface area contributed by atoms with Gasteiger partial charge in [-0.1, -0.05) is 13.0 Å². The van der Waals surface area contributed by atoms with E-state index in [0.717, 1.165) is 43.2 Å². The van der Waals surface area contributed by atoms with Crippen molar-refractivity contribution in [2.24, 2.45) is 0 Å². The van der Waals surface area contributed by atoms with E-state index in [1.165, 1.54) is 0 Å². The lowest BCUT2D eigenvalue weighted by atomic mass is 10.2. The number of pyridine rings is 1. The van der Waals surface area contributed by atoms with E-state index in [2.05, 4.69) is 21.5 Å². The third kappa shape index (κ3) is 3.29. The van der Waals surface area contributed by atoms with E-state index < -0.39 is 0 Å². The van der Waals surface area contributed by atoms with Crippen molar-refractivity contribution in [2.75, 3.05) is 25.0 Å². The standard InChI is InChI=1S/C15H24N4O/c1-4-16-11-13-15(18(3)10-8-12(2)20)17-14-7-5-6-9-19(13)14/h5-7,9,12,16,20H,4,8,10-11H2,1-3H3. The van der Waals surface area contributed by atoms with E-state index in [-0.39, 0.29) is 6.10 Å². The number of anilines is 1. The van der Waals surface area contributed by atoms with Crippen molar-refractivity contribution in [3.05, 3.63) is 30.1 Å². The minimum absolute atomic E-state index is 0.285. The summed E-state index contributed by atoms with van der Waals surface area (Å²) < 4.78 is 2.12. The van der Waals surface area contributed by atoms with Crippen LogP contribution in [0.4, 0.5) is 5.82 Å². The average molecular weight is 276 g/mol. The maximum Gasteiger partial charge on any atom is 0.152 e. The van der Waals surface area contributed by atoms with Gasteiger partial charge in [0.05, 0.1) is 11.8 Å². The van der Waals surface area contributed by atoms with Crippen molar-refractivity contribution in [3.8, 4) is 0 Å². The Morgan fingerprint density at radius 1 is 1.45 bits per heavy atom. The molecule has 0 aliphatic heterocycles. The van der Waals surface area contributed by atoms with Gasteiger partial charge in [0.25, 0.3) is 0 Å². The highest BCUT2D eigenvalue weighted by Crippen LogP contribution is 2.21. The molecule has 0 bridgehead atoms. The lowest BCUT2D eigenvalue weighted by Crippen LogP contribution is -2.24. The first-order valence-electron chi connectivity index (χ1n) is 7.19. The van der Waals surface area contributed by atoms with E-state index in [4.69, 9.17) is 4.98 Å². The zero-order valence-corrected chi connectivity index (χ0v) is 12.5. The molecule has 5 nitrogen and oxygen atoms in total. The summed E-state index contributed by atoms with van der Waals surface area (Å²) in [5.74, 6) is 0.984. The highest BCUT2D eigenvalue weighted by atomic mass is 16.3. The third-order valence-corrected chi connectivity index (χ3v) is 3.39. The summed E-state index contributed by atoms with van der Waals surface area (Å²) in [6, 6.07) is 6.03. The molecule has 2 aromatic heterocycles. The molecule has 2 aromatic rings. The van der Waals surface area contributed by atoms with Crippen LogP contribution in [0.1, 0.15) is 26.0 Å². The van der Waals surface area contributed by atoms with Gasteiger partial charge in [0.2, 0.25) is 0 Å². The third-order valence-electron chi connectivity index (χ3n) is 3.39. The monoisotopic (exact) mass is 276 g/mol. The molecule has 0 aliphatic rings. The zero-order valence-electron chi connectivity index (χ0n) is 12.5. The summed E-state index contributed by atoms with van der Waals surface area (Å²) >= 11 is 0. The van der Waals surface area contributed by atoms with Crippen molar-refractivity contribution in [1.82, 2.24) is 14.7 Å². The molecule has 0 aromatic carbocycles. The van der Waals surface area contributed by atoms with Gasteiger partial charge in [-0.2, -0.15) is 0 Å². The average Bonchev–Trinajstić information content (AvgIpc) is 2.81. The maximum atomic E-state index is 9.43. The summed E-state index contributed by atoms with van der Waals surface area (Å²) in [6.07, 6.45) is 2.50. The molecule has 0 saturated heterocycles. The van der Waals surface area contributed by atoms with E-state index >= 15 is 0 Å². The molecule has 0 saturated carbocycles. The highest BCUT2D eigenvalue weighted by Gasteiger charge is 2.15. The Balaban J connectivity index is 2.30. The van der Waals surface area contributed by atoms with E-state index in [1.54, 1.807) is 0 Å². The first-order chi connectivity index (χ1) is 9.63. The van der Waals surface area contributed by atoms with E-state index in [0.29, 0.717) is 0 Å². The van der Waals surface area contributed by atoms with Crippen LogP contribution < -0.4 is 10.2 Å². The Hall–Kier alpha value is -1.59. The van der Waals surface area contributed by atoms with Gasteiger partial charge in [0.15, 0.2) is 5.82 Å². The zero-order chi connectivity index (χ0) is 14.5. The van der Waals surface area contributed by atoms with Gasteiger partial charge in [-0.3, -0.25) is 0 Å². The molecule has 2 heterocycles. The SMILES string of the molecule is CCNCc1c(N(C)CCC(C)O)nc2ccccn12. The van der Waals surface area contributed by atoms with Crippen molar-refractivity contribution in [3.63, 3.8) is 0 Å². The second-order valence-corrected chi connectivity index (χ2v) is 5.15. The van der Waals surface area contributed by atoms with Gasteiger partial charge < -0.3 is 19.7 Å². The molecule has 1 unspecified atom stereocenters. The van der Waals surface area contributed by atoms with Crippen LogP contribution in [0.2, 0.25) is 0 Å². The Morgan fingerprint density at radius 3 is 2.95 bits per heavy atom. The molecule has 1 atom stereocenters. The minimum atomic E-state index is -0.285. The van der Waals surface area contributed by atoms with Crippen LogP contribution >= 0.6 is 0 Å². The van der Waals surface area contributed by atoms with Gasteiger partial charge in [-0.25, -0.2) is 4.98 Å². The predicted molar refractivity (Wildman–Crippen MR) is 82.1 cm³/mol. The first-order valence-corrected chi connectivity index (χ1v) is 7.19. The number of rotatable bonds is 7. The fraction of sp³-hybridized carbons (Fsp3) is 0.533. The second-order valence-electron chi connectivity index (χ2n) is 5.15. The molecule has 110 valence electrons. The van der Waals surface area contributed by atoms with Gasteiger partial charge in [-0.15, -0.1) is 0 Å². The lowest BCUT2D eigenvalue weighted by Gasteiger charge is -2.19. The van der Waals surface area contributed by atoms with Crippen LogP contribution in [-0.4, -0.2) is 40.7 Å². The molecule has 2 rings (SSSR count). The van der Waals surface area contributed by atoms with Crippen LogP contribution in [0.15, 0.2) is 24.4 Å². The molecule has 0 aliphatic carbocycles. The number of nitrogens with zero attached hydrogens (tertiary/aromatic N) is 3. The van der Waals surface area contributed by atoms with E-state index in [9.17, 15) is 5.11 Å². The number of nitrogens with one attached hydrogen (secondary N) is 1. The molecule has 0 fully saturated rings. The number of aliphatic hydroxyl groups is 1. The number of hydrogen-bond acceptors (Lipinski definition) is 4. The molecule has 2 N–H and O–H groups in total. The largest absolute Gasteiger partial charge is 0.393 e. The highest BCUT2D eigenvalue weighted by molar-refractivity contribution is 5.55. The van der Waals surface area contributed by atoms with Gasteiger partial charge >= 0.3 is 0 Å². The smallest absolute Gasteiger partial charge is 0.152 e. The summed E-state index contributed by atoms with van der Waals surface area (Å²) in [4.78, 5) is 6.83. The number of aliphatic hydroxyl groups excluding tert-OH is 1. The predicted octanol–water partition coefficient (Wildman–Crippen LogP) is 1.65. The van der Waals surface area contributed by atoms with Crippen LogP contribution in [-0.2, 0) is 6.54 Å². The summed E-state index contributed by atoms with van der Waals surface area (Å²) in [5, 5.41) is 12.8. The number of imidazole rings is 1. The fourth-order valence-corrected chi connectivity index (χ4v) is 2.23. The number of fused-ring (bicyclic) bond motifs is 1. The van der Waals surface area contributed by atoms with Gasteiger partial charge in [-0.05, 0) is 32.0 Å². The topological polar surface area (TPSA) is 52.8 Å². The Morgan fingerprint density at radius 2 is 2.25 bits per heavy atom. The van der Waals surface area contributed by atoms with Crippen molar-refractivity contribution in [2.45, 2.75) is 32.9 Å². The molecule has 20 heavy (non-hydrogen) atoms. The molecule has 0 spiro atoms. The lowest BCUT2D eigenvalue weighted by molar-refractivity contribution is 0.187. The molecular formula is C15H24N4O. The quantitative estimate of drug-likeness (QED) is 0.807. The molecule has 0 amide bonds. The van der Waals surface area contributed by atoms with Crippen LogP contribution in [0.3, 0.4) is 0 Å². The van der Waals surface area contributed by atoms with Gasteiger partial charge in [0, 0.05) is 26.3 Å².